The minimum Gasteiger partial charge on any atom is -0.394 e. The standard InChI is InChI=1S/C10H17NO3/c1-7(2)8(6-12)11-9(13)4-3-5-10(11)14/h7-8,12H,3-6H2,1-2H3/t8-/m0/s1. The maximum absolute atomic E-state index is 11.5. The molecule has 0 saturated carbocycles. The maximum atomic E-state index is 11.5. The van der Waals surface area contributed by atoms with Crippen LogP contribution >= 0.6 is 0 Å². The Balaban J connectivity index is 2.80. The molecule has 1 fully saturated rings. The Morgan fingerprint density at radius 1 is 1.29 bits per heavy atom. The van der Waals surface area contributed by atoms with Crippen molar-refractivity contribution in [2.24, 2.45) is 5.92 Å². The Morgan fingerprint density at radius 2 is 1.79 bits per heavy atom. The fourth-order valence-corrected chi connectivity index (χ4v) is 1.73. The van der Waals surface area contributed by atoms with Crippen LogP contribution in [0.2, 0.25) is 0 Å². The highest BCUT2D eigenvalue weighted by Gasteiger charge is 2.33. The van der Waals surface area contributed by atoms with Gasteiger partial charge in [-0.1, -0.05) is 13.8 Å². The molecule has 0 bridgehead atoms. The van der Waals surface area contributed by atoms with Crippen LogP contribution in [0.1, 0.15) is 33.1 Å². The van der Waals surface area contributed by atoms with Crippen molar-refractivity contribution >= 4 is 11.8 Å². The van der Waals surface area contributed by atoms with Crippen molar-refractivity contribution in [3.63, 3.8) is 0 Å². The normalized spacial score (nSPS) is 20.4. The zero-order valence-corrected chi connectivity index (χ0v) is 8.69. The monoisotopic (exact) mass is 199 g/mol. The first-order valence-corrected chi connectivity index (χ1v) is 5.03. The summed E-state index contributed by atoms with van der Waals surface area (Å²) in [6.07, 6.45) is 1.49. The van der Waals surface area contributed by atoms with Crippen LogP contribution in [0.5, 0.6) is 0 Å². The van der Waals surface area contributed by atoms with Crippen LogP contribution < -0.4 is 0 Å². The van der Waals surface area contributed by atoms with E-state index < -0.39 is 0 Å². The molecule has 4 nitrogen and oxygen atoms in total. The third kappa shape index (κ3) is 2.12. The van der Waals surface area contributed by atoms with Gasteiger partial charge in [-0.25, -0.2) is 0 Å². The molecule has 1 N–H and O–H groups in total. The van der Waals surface area contributed by atoms with Crippen LogP contribution in [0.15, 0.2) is 0 Å². The number of hydrogen-bond donors (Lipinski definition) is 1. The number of hydrogen-bond acceptors (Lipinski definition) is 3. The highest BCUT2D eigenvalue weighted by molar-refractivity contribution is 5.97. The summed E-state index contributed by atoms with van der Waals surface area (Å²) in [4.78, 5) is 24.3. The quantitative estimate of drug-likeness (QED) is 0.675. The Morgan fingerprint density at radius 3 is 2.14 bits per heavy atom. The van der Waals surface area contributed by atoms with Crippen molar-refractivity contribution in [2.75, 3.05) is 6.61 Å². The molecule has 1 rings (SSSR count). The number of carbonyl (C=O) groups excluding carboxylic acids is 2. The Bertz CT molecular complexity index is 222. The van der Waals surface area contributed by atoms with E-state index in [9.17, 15) is 9.59 Å². The maximum Gasteiger partial charge on any atom is 0.229 e. The number of aliphatic hydroxyl groups excluding tert-OH is 1. The minimum absolute atomic E-state index is 0.103. The highest BCUT2D eigenvalue weighted by atomic mass is 16.3. The molecule has 80 valence electrons. The van der Waals surface area contributed by atoms with Crippen molar-refractivity contribution in [1.29, 1.82) is 0 Å². The van der Waals surface area contributed by atoms with Crippen LogP contribution in [0.25, 0.3) is 0 Å². The second-order valence-corrected chi connectivity index (χ2v) is 4.00. The molecular weight excluding hydrogens is 182 g/mol. The van der Waals surface area contributed by atoms with Crippen LogP contribution in [-0.2, 0) is 9.59 Å². The van der Waals surface area contributed by atoms with Crippen LogP contribution in [0.3, 0.4) is 0 Å². The summed E-state index contributed by atoms with van der Waals surface area (Å²) in [7, 11) is 0. The van der Waals surface area contributed by atoms with Gasteiger partial charge in [0.2, 0.25) is 11.8 Å². The summed E-state index contributed by atoms with van der Waals surface area (Å²) < 4.78 is 0. The van der Waals surface area contributed by atoms with Gasteiger partial charge in [-0.05, 0) is 12.3 Å². The molecule has 0 radical (unpaired) electrons. The Hall–Kier alpha value is -0.900. The van der Waals surface area contributed by atoms with Crippen molar-refractivity contribution in [3.05, 3.63) is 0 Å². The van der Waals surface area contributed by atoms with Gasteiger partial charge in [0.05, 0.1) is 12.6 Å². The third-order valence-corrected chi connectivity index (χ3v) is 2.61. The average molecular weight is 199 g/mol. The van der Waals surface area contributed by atoms with E-state index in [1.165, 1.54) is 4.90 Å². The lowest BCUT2D eigenvalue weighted by Crippen LogP contribution is -2.50. The van der Waals surface area contributed by atoms with Gasteiger partial charge in [0.15, 0.2) is 0 Å². The van der Waals surface area contributed by atoms with Crippen molar-refractivity contribution in [1.82, 2.24) is 4.90 Å². The Labute approximate surface area is 83.9 Å². The predicted molar refractivity (Wildman–Crippen MR) is 51.4 cm³/mol. The smallest absolute Gasteiger partial charge is 0.229 e. The number of carbonyl (C=O) groups is 2. The third-order valence-electron chi connectivity index (χ3n) is 2.61. The van der Waals surface area contributed by atoms with E-state index >= 15 is 0 Å². The number of imide groups is 1. The zero-order valence-electron chi connectivity index (χ0n) is 8.69. The summed E-state index contributed by atoms with van der Waals surface area (Å²) in [5.41, 5.74) is 0. The Kier molecular flexibility index (Phi) is 3.63. The molecule has 1 heterocycles. The molecule has 2 amide bonds. The summed E-state index contributed by atoms with van der Waals surface area (Å²) in [6, 6.07) is -0.352. The molecule has 1 aliphatic rings. The second kappa shape index (κ2) is 4.55. The van der Waals surface area contributed by atoms with Gasteiger partial charge in [-0.3, -0.25) is 14.5 Å². The lowest BCUT2D eigenvalue weighted by Gasteiger charge is -2.34. The number of nitrogens with zero attached hydrogens (tertiary/aromatic N) is 1. The van der Waals surface area contributed by atoms with E-state index in [1.807, 2.05) is 13.8 Å². The van der Waals surface area contributed by atoms with Gasteiger partial charge in [0.1, 0.15) is 0 Å². The van der Waals surface area contributed by atoms with Gasteiger partial charge in [-0.15, -0.1) is 0 Å². The van der Waals surface area contributed by atoms with Crippen molar-refractivity contribution < 1.29 is 14.7 Å². The molecular formula is C10H17NO3. The fraction of sp³-hybridized carbons (Fsp3) is 0.800. The number of piperidine rings is 1. The second-order valence-electron chi connectivity index (χ2n) is 4.00. The molecule has 4 heteroatoms. The molecule has 0 aromatic rings. The van der Waals surface area contributed by atoms with E-state index in [1.54, 1.807) is 0 Å². The molecule has 0 unspecified atom stereocenters. The molecule has 0 aromatic carbocycles. The van der Waals surface area contributed by atoms with E-state index in [-0.39, 0.29) is 30.4 Å². The van der Waals surface area contributed by atoms with Gasteiger partial charge in [0.25, 0.3) is 0 Å². The van der Waals surface area contributed by atoms with Crippen molar-refractivity contribution in [2.45, 2.75) is 39.2 Å². The van der Waals surface area contributed by atoms with E-state index in [0.717, 1.165) is 0 Å². The molecule has 1 atom stereocenters. The molecule has 0 aromatic heterocycles. The van der Waals surface area contributed by atoms with Crippen LogP contribution in [-0.4, -0.2) is 34.5 Å². The number of rotatable bonds is 3. The lowest BCUT2D eigenvalue weighted by atomic mass is 9.99. The first-order chi connectivity index (χ1) is 6.57. The number of amides is 2. The summed E-state index contributed by atoms with van der Waals surface area (Å²) >= 11 is 0. The molecule has 0 spiro atoms. The predicted octanol–water partition coefficient (Wildman–Crippen LogP) is 0.542. The first kappa shape index (κ1) is 11.2. The van der Waals surface area contributed by atoms with Gasteiger partial charge in [-0.2, -0.15) is 0 Å². The summed E-state index contributed by atoms with van der Waals surface area (Å²) in [5.74, 6) is -0.186. The van der Waals surface area contributed by atoms with Gasteiger partial charge >= 0.3 is 0 Å². The average Bonchev–Trinajstić information content (AvgIpc) is 2.10. The van der Waals surface area contributed by atoms with Crippen molar-refractivity contribution in [3.8, 4) is 0 Å². The van der Waals surface area contributed by atoms with E-state index in [4.69, 9.17) is 5.11 Å². The van der Waals surface area contributed by atoms with E-state index in [2.05, 4.69) is 0 Å². The highest BCUT2D eigenvalue weighted by Crippen LogP contribution is 2.19. The number of aliphatic hydroxyl groups is 1. The topological polar surface area (TPSA) is 57.6 Å². The first-order valence-electron chi connectivity index (χ1n) is 5.03. The van der Waals surface area contributed by atoms with E-state index in [0.29, 0.717) is 19.3 Å². The van der Waals surface area contributed by atoms with Crippen LogP contribution in [0.4, 0.5) is 0 Å². The largest absolute Gasteiger partial charge is 0.394 e. The fourth-order valence-electron chi connectivity index (χ4n) is 1.73. The minimum atomic E-state index is -0.352. The zero-order chi connectivity index (χ0) is 10.7. The SMILES string of the molecule is CC(C)[C@H](CO)N1C(=O)CCCC1=O. The lowest BCUT2D eigenvalue weighted by molar-refractivity contribution is -0.153. The molecule has 1 aliphatic heterocycles. The van der Waals surface area contributed by atoms with Gasteiger partial charge < -0.3 is 5.11 Å². The molecule has 0 aliphatic carbocycles. The van der Waals surface area contributed by atoms with Gasteiger partial charge in [0, 0.05) is 12.8 Å². The summed E-state index contributed by atoms with van der Waals surface area (Å²) in [5, 5.41) is 9.14. The number of likely N-dealkylation sites (tertiary alicyclic amines) is 1. The molecule has 1 saturated heterocycles. The molecule has 14 heavy (non-hydrogen) atoms. The van der Waals surface area contributed by atoms with Crippen LogP contribution in [0, 0.1) is 5.92 Å². The summed E-state index contributed by atoms with van der Waals surface area (Å²) in [6.45, 7) is 3.65.